The number of piperidine rings is 1. The molecule has 5 nitrogen and oxygen atoms in total. The Hall–Kier alpha value is -2.82. The maximum absolute atomic E-state index is 13.2. The number of amides is 1. The molecule has 0 spiro atoms. The minimum Gasteiger partial charge on any atom is -0.496 e. The number of aryl methyl sites for hydroxylation is 1. The van der Waals surface area contributed by atoms with Crippen LogP contribution in [0, 0.1) is 12.8 Å². The summed E-state index contributed by atoms with van der Waals surface area (Å²) < 4.78 is 10.7. The van der Waals surface area contributed by atoms with E-state index in [1.54, 1.807) is 23.1 Å². The van der Waals surface area contributed by atoms with Crippen molar-refractivity contribution in [3.63, 3.8) is 0 Å². The van der Waals surface area contributed by atoms with Gasteiger partial charge in [0.25, 0.3) is 5.91 Å². The topological polar surface area (TPSA) is 55.8 Å². The Kier molecular flexibility index (Phi) is 5.79. The number of hydrogen-bond donors (Lipinski definition) is 0. The fourth-order valence-corrected chi connectivity index (χ4v) is 3.55. The zero-order chi connectivity index (χ0) is 19.4. The van der Waals surface area contributed by atoms with Crippen LogP contribution in [0.15, 0.2) is 42.5 Å². The minimum atomic E-state index is -0.189. The summed E-state index contributed by atoms with van der Waals surface area (Å²) in [6.45, 7) is 3.03. The molecule has 0 saturated carbocycles. The van der Waals surface area contributed by atoms with Gasteiger partial charge in [-0.2, -0.15) is 0 Å². The van der Waals surface area contributed by atoms with Crippen LogP contribution in [-0.4, -0.2) is 43.9 Å². The van der Waals surface area contributed by atoms with Gasteiger partial charge in [-0.3, -0.25) is 9.59 Å². The molecule has 3 rings (SSSR count). The molecule has 0 radical (unpaired) electrons. The highest BCUT2D eigenvalue weighted by atomic mass is 16.5. The van der Waals surface area contributed by atoms with E-state index in [1.165, 1.54) is 14.2 Å². The zero-order valence-corrected chi connectivity index (χ0v) is 16.0. The molecule has 1 unspecified atom stereocenters. The minimum absolute atomic E-state index is 0.0968. The Balaban J connectivity index is 1.81. The molecule has 27 heavy (non-hydrogen) atoms. The maximum atomic E-state index is 13.2. The van der Waals surface area contributed by atoms with Crippen LogP contribution in [0.2, 0.25) is 0 Å². The van der Waals surface area contributed by atoms with Gasteiger partial charge in [0.2, 0.25) is 0 Å². The molecule has 5 heteroatoms. The van der Waals surface area contributed by atoms with Gasteiger partial charge in [0.05, 0.1) is 14.2 Å². The third-order valence-electron chi connectivity index (χ3n) is 5.06. The quantitative estimate of drug-likeness (QED) is 0.756. The van der Waals surface area contributed by atoms with Crippen LogP contribution in [0.4, 0.5) is 0 Å². The number of hydrogen-bond acceptors (Lipinski definition) is 4. The molecule has 2 aromatic rings. The van der Waals surface area contributed by atoms with E-state index in [-0.39, 0.29) is 17.6 Å². The van der Waals surface area contributed by atoms with E-state index in [0.717, 1.165) is 18.4 Å². The number of nitrogens with zero attached hydrogens (tertiary/aromatic N) is 1. The molecule has 1 saturated heterocycles. The lowest BCUT2D eigenvalue weighted by Gasteiger charge is -2.32. The summed E-state index contributed by atoms with van der Waals surface area (Å²) in [7, 11) is 3.07. The highest BCUT2D eigenvalue weighted by molar-refractivity contribution is 6.01. The first-order valence-electron chi connectivity index (χ1n) is 9.16. The van der Waals surface area contributed by atoms with Crippen LogP contribution in [-0.2, 0) is 0 Å². The van der Waals surface area contributed by atoms with Crippen molar-refractivity contribution < 1.29 is 19.1 Å². The van der Waals surface area contributed by atoms with Gasteiger partial charge in [0, 0.05) is 24.6 Å². The molecule has 0 N–H and O–H groups in total. The van der Waals surface area contributed by atoms with Crippen molar-refractivity contribution in [3.05, 3.63) is 59.2 Å². The van der Waals surface area contributed by atoms with Crippen LogP contribution in [0.3, 0.4) is 0 Å². The number of ether oxygens (including phenoxy) is 2. The van der Waals surface area contributed by atoms with Crippen molar-refractivity contribution in [1.82, 2.24) is 4.90 Å². The number of Topliss-reactive ketones (excluding diaryl/α,β-unsaturated/α-hetero) is 1. The first-order chi connectivity index (χ1) is 13.0. The molecule has 1 fully saturated rings. The number of carbonyl (C=O) groups excluding carboxylic acids is 2. The SMILES string of the molecule is COc1cccc(OC)c1C(=O)N1CCCC(C(=O)c2ccc(C)cc2)C1. The normalized spacial score (nSPS) is 16.7. The number of benzene rings is 2. The zero-order valence-electron chi connectivity index (χ0n) is 16.0. The van der Waals surface area contributed by atoms with Crippen molar-refractivity contribution in [2.24, 2.45) is 5.92 Å². The van der Waals surface area contributed by atoms with Gasteiger partial charge in [-0.25, -0.2) is 0 Å². The molecular formula is C22H25NO4. The average Bonchev–Trinajstić information content (AvgIpc) is 2.72. The second-order valence-electron chi connectivity index (χ2n) is 6.86. The number of likely N-dealkylation sites (tertiary alicyclic amines) is 1. The molecule has 2 aromatic carbocycles. The van der Waals surface area contributed by atoms with Gasteiger partial charge in [-0.1, -0.05) is 35.9 Å². The summed E-state index contributed by atoms with van der Waals surface area (Å²) >= 11 is 0. The van der Waals surface area contributed by atoms with Gasteiger partial charge >= 0.3 is 0 Å². The third kappa shape index (κ3) is 3.97. The van der Waals surface area contributed by atoms with Crippen LogP contribution in [0.25, 0.3) is 0 Å². The Morgan fingerprint density at radius 3 is 2.22 bits per heavy atom. The molecule has 142 valence electrons. The Morgan fingerprint density at radius 1 is 1.00 bits per heavy atom. The van der Waals surface area contributed by atoms with E-state index in [0.29, 0.717) is 35.7 Å². The fourth-order valence-electron chi connectivity index (χ4n) is 3.55. The van der Waals surface area contributed by atoms with Gasteiger partial charge in [-0.05, 0) is 31.9 Å². The highest BCUT2D eigenvalue weighted by Crippen LogP contribution is 2.31. The largest absolute Gasteiger partial charge is 0.496 e. The van der Waals surface area contributed by atoms with E-state index in [4.69, 9.17) is 9.47 Å². The monoisotopic (exact) mass is 367 g/mol. The van der Waals surface area contributed by atoms with Crippen molar-refractivity contribution in [1.29, 1.82) is 0 Å². The highest BCUT2D eigenvalue weighted by Gasteiger charge is 2.31. The Bertz CT molecular complexity index is 806. The van der Waals surface area contributed by atoms with Crippen molar-refractivity contribution in [2.45, 2.75) is 19.8 Å². The summed E-state index contributed by atoms with van der Waals surface area (Å²) in [5.74, 6) is 0.703. The lowest BCUT2D eigenvalue weighted by molar-refractivity contribution is 0.0631. The molecule has 0 aliphatic carbocycles. The predicted molar refractivity (Wildman–Crippen MR) is 104 cm³/mol. The molecule has 1 atom stereocenters. The van der Waals surface area contributed by atoms with E-state index in [9.17, 15) is 9.59 Å². The van der Waals surface area contributed by atoms with Crippen LogP contribution >= 0.6 is 0 Å². The van der Waals surface area contributed by atoms with Crippen LogP contribution < -0.4 is 9.47 Å². The second kappa shape index (κ2) is 8.25. The molecule has 1 aliphatic rings. The standard InChI is InChI=1S/C22H25NO4/c1-15-9-11-16(12-10-15)21(24)17-6-5-13-23(14-17)22(25)20-18(26-2)7-4-8-19(20)27-3/h4,7-12,17H,5-6,13-14H2,1-3H3. The van der Waals surface area contributed by atoms with Crippen LogP contribution in [0.5, 0.6) is 11.5 Å². The molecule has 1 aliphatic heterocycles. The van der Waals surface area contributed by atoms with E-state index in [2.05, 4.69) is 0 Å². The lowest BCUT2D eigenvalue weighted by Crippen LogP contribution is -2.42. The number of rotatable bonds is 5. The van der Waals surface area contributed by atoms with Gasteiger partial charge in [0.15, 0.2) is 5.78 Å². The fraction of sp³-hybridized carbons (Fsp3) is 0.364. The first kappa shape index (κ1) is 19.0. The summed E-state index contributed by atoms with van der Waals surface area (Å²) in [4.78, 5) is 27.8. The molecule has 1 heterocycles. The van der Waals surface area contributed by atoms with Gasteiger partial charge in [-0.15, -0.1) is 0 Å². The molecule has 0 aromatic heterocycles. The van der Waals surface area contributed by atoms with Crippen molar-refractivity contribution in [3.8, 4) is 11.5 Å². The average molecular weight is 367 g/mol. The summed E-state index contributed by atoms with van der Waals surface area (Å²) in [6, 6.07) is 12.9. The lowest BCUT2D eigenvalue weighted by atomic mass is 9.89. The van der Waals surface area contributed by atoms with E-state index < -0.39 is 0 Å². The summed E-state index contributed by atoms with van der Waals surface area (Å²) in [5.41, 5.74) is 2.23. The number of ketones is 1. The van der Waals surface area contributed by atoms with E-state index >= 15 is 0 Å². The predicted octanol–water partition coefficient (Wildman–Crippen LogP) is 3.75. The van der Waals surface area contributed by atoms with Crippen molar-refractivity contribution in [2.75, 3.05) is 27.3 Å². The number of carbonyl (C=O) groups is 2. The second-order valence-corrected chi connectivity index (χ2v) is 6.86. The van der Waals surface area contributed by atoms with Crippen LogP contribution in [0.1, 0.15) is 39.1 Å². The number of methoxy groups -OCH3 is 2. The van der Waals surface area contributed by atoms with Gasteiger partial charge in [0.1, 0.15) is 17.1 Å². The maximum Gasteiger partial charge on any atom is 0.261 e. The molecule has 1 amide bonds. The first-order valence-corrected chi connectivity index (χ1v) is 9.16. The summed E-state index contributed by atoms with van der Waals surface area (Å²) in [5, 5.41) is 0. The summed E-state index contributed by atoms with van der Waals surface area (Å²) in [6.07, 6.45) is 1.59. The van der Waals surface area contributed by atoms with E-state index in [1.807, 2.05) is 31.2 Å². The Morgan fingerprint density at radius 2 is 1.63 bits per heavy atom. The van der Waals surface area contributed by atoms with Crippen molar-refractivity contribution >= 4 is 11.7 Å². The Labute approximate surface area is 159 Å². The molecule has 0 bridgehead atoms. The van der Waals surface area contributed by atoms with Gasteiger partial charge < -0.3 is 14.4 Å². The molecular weight excluding hydrogens is 342 g/mol. The third-order valence-corrected chi connectivity index (χ3v) is 5.06. The smallest absolute Gasteiger partial charge is 0.261 e.